The van der Waals surface area contributed by atoms with E-state index in [0.29, 0.717) is 6.04 Å². The minimum Gasteiger partial charge on any atom is -0.316 e. The molecule has 1 unspecified atom stereocenters. The minimum atomic E-state index is 0.277. The van der Waals surface area contributed by atoms with E-state index in [9.17, 15) is 0 Å². The molecule has 4 heteroatoms. The highest BCUT2D eigenvalue weighted by molar-refractivity contribution is 5.34. The fourth-order valence-electron chi connectivity index (χ4n) is 3.34. The smallest absolute Gasteiger partial charge is 0.138 e. The van der Waals surface area contributed by atoms with Crippen molar-refractivity contribution >= 4 is 0 Å². The molecule has 112 valence electrons. The van der Waals surface area contributed by atoms with Gasteiger partial charge in [0, 0.05) is 24.4 Å². The number of likely N-dealkylation sites (N-methyl/N-ethyl adjacent to an activating group) is 1. The normalized spacial score (nSPS) is 17.6. The van der Waals surface area contributed by atoms with Gasteiger partial charge in [-0.15, -0.1) is 0 Å². The standard InChI is InChI=1S/C17H24N4/c1-3-11-21-16(19-13-20-21)12-15(18-2)17(9-10-17)14-7-5-4-6-8-14/h4-8,13,15,18H,3,9-12H2,1-2H3. The SMILES string of the molecule is CCCn1ncnc1CC(NC)C1(c2ccccc2)CC1. The molecule has 1 aliphatic carbocycles. The van der Waals surface area contributed by atoms with E-state index in [-0.39, 0.29) is 5.41 Å². The van der Waals surface area contributed by atoms with Crippen LogP contribution in [-0.2, 0) is 18.4 Å². The molecule has 1 aromatic carbocycles. The Morgan fingerprint density at radius 3 is 2.67 bits per heavy atom. The first kappa shape index (κ1) is 14.3. The fraction of sp³-hybridized carbons (Fsp3) is 0.529. The van der Waals surface area contributed by atoms with Crippen LogP contribution in [0.25, 0.3) is 0 Å². The fourth-order valence-corrected chi connectivity index (χ4v) is 3.34. The van der Waals surface area contributed by atoms with Crippen LogP contribution in [0.4, 0.5) is 0 Å². The average Bonchev–Trinajstić information content (AvgIpc) is 3.22. The molecule has 1 saturated carbocycles. The maximum absolute atomic E-state index is 4.47. The van der Waals surface area contributed by atoms with E-state index in [1.807, 2.05) is 4.68 Å². The molecule has 1 aromatic heterocycles. The van der Waals surface area contributed by atoms with Gasteiger partial charge in [0.2, 0.25) is 0 Å². The Morgan fingerprint density at radius 2 is 2.05 bits per heavy atom. The summed E-state index contributed by atoms with van der Waals surface area (Å²) in [4.78, 5) is 4.47. The molecule has 0 radical (unpaired) electrons. The van der Waals surface area contributed by atoms with Crippen LogP contribution in [0.15, 0.2) is 36.7 Å². The highest BCUT2D eigenvalue weighted by atomic mass is 15.3. The Hall–Kier alpha value is -1.68. The number of nitrogens with zero attached hydrogens (tertiary/aromatic N) is 3. The topological polar surface area (TPSA) is 42.7 Å². The van der Waals surface area contributed by atoms with E-state index >= 15 is 0 Å². The van der Waals surface area contributed by atoms with Gasteiger partial charge in [0.1, 0.15) is 12.2 Å². The van der Waals surface area contributed by atoms with E-state index in [0.717, 1.165) is 25.2 Å². The van der Waals surface area contributed by atoms with E-state index < -0.39 is 0 Å². The van der Waals surface area contributed by atoms with Crippen molar-refractivity contribution in [1.29, 1.82) is 0 Å². The molecule has 1 fully saturated rings. The molecule has 0 saturated heterocycles. The van der Waals surface area contributed by atoms with Crippen molar-refractivity contribution in [3.8, 4) is 0 Å². The molecule has 4 nitrogen and oxygen atoms in total. The van der Waals surface area contributed by atoms with E-state index in [1.165, 1.54) is 18.4 Å². The van der Waals surface area contributed by atoms with E-state index in [4.69, 9.17) is 0 Å². The van der Waals surface area contributed by atoms with Crippen LogP contribution in [0.3, 0.4) is 0 Å². The summed E-state index contributed by atoms with van der Waals surface area (Å²) in [7, 11) is 2.06. The first-order valence-corrected chi connectivity index (χ1v) is 7.89. The summed E-state index contributed by atoms with van der Waals surface area (Å²) >= 11 is 0. The Kier molecular flexibility index (Phi) is 4.06. The maximum atomic E-state index is 4.47. The average molecular weight is 284 g/mol. The van der Waals surface area contributed by atoms with Crippen LogP contribution in [0.1, 0.15) is 37.6 Å². The first-order valence-electron chi connectivity index (χ1n) is 7.89. The molecule has 0 aliphatic heterocycles. The molecule has 1 atom stereocenters. The summed E-state index contributed by atoms with van der Waals surface area (Å²) in [6.45, 7) is 3.12. The molecule has 1 heterocycles. The van der Waals surface area contributed by atoms with Crippen molar-refractivity contribution in [2.24, 2.45) is 0 Å². The summed E-state index contributed by atoms with van der Waals surface area (Å²) < 4.78 is 2.05. The van der Waals surface area contributed by atoms with E-state index in [1.54, 1.807) is 6.33 Å². The quantitative estimate of drug-likeness (QED) is 0.849. The van der Waals surface area contributed by atoms with Crippen LogP contribution < -0.4 is 5.32 Å². The predicted molar refractivity (Wildman–Crippen MR) is 84.2 cm³/mol. The number of hydrogen-bond acceptors (Lipinski definition) is 3. The Balaban J connectivity index is 1.81. The number of aromatic nitrogens is 3. The summed E-state index contributed by atoms with van der Waals surface area (Å²) in [6, 6.07) is 11.3. The summed E-state index contributed by atoms with van der Waals surface area (Å²) in [5.41, 5.74) is 1.73. The first-order chi connectivity index (χ1) is 10.3. The second-order valence-corrected chi connectivity index (χ2v) is 5.97. The van der Waals surface area contributed by atoms with Gasteiger partial charge in [0.25, 0.3) is 0 Å². The molecule has 21 heavy (non-hydrogen) atoms. The van der Waals surface area contributed by atoms with Gasteiger partial charge in [-0.3, -0.25) is 4.68 Å². The molecular formula is C17H24N4. The largest absolute Gasteiger partial charge is 0.316 e. The third-order valence-electron chi connectivity index (χ3n) is 4.67. The number of rotatable bonds is 7. The van der Waals surface area contributed by atoms with Gasteiger partial charge < -0.3 is 5.32 Å². The van der Waals surface area contributed by atoms with Gasteiger partial charge in [0.05, 0.1) is 0 Å². The van der Waals surface area contributed by atoms with Crippen molar-refractivity contribution < 1.29 is 0 Å². The molecule has 2 aromatic rings. The lowest BCUT2D eigenvalue weighted by Gasteiger charge is -2.27. The lowest BCUT2D eigenvalue weighted by molar-refractivity contribution is 0.421. The van der Waals surface area contributed by atoms with Crippen LogP contribution in [-0.4, -0.2) is 27.9 Å². The Labute approximate surface area is 126 Å². The monoisotopic (exact) mass is 284 g/mol. The molecule has 1 aliphatic rings. The van der Waals surface area contributed by atoms with Crippen LogP contribution in [0.2, 0.25) is 0 Å². The van der Waals surface area contributed by atoms with Crippen molar-refractivity contribution in [3.63, 3.8) is 0 Å². The molecule has 0 amide bonds. The van der Waals surface area contributed by atoms with E-state index in [2.05, 4.69) is 59.7 Å². The molecule has 0 spiro atoms. The van der Waals surface area contributed by atoms with Crippen LogP contribution in [0.5, 0.6) is 0 Å². The van der Waals surface area contributed by atoms with Gasteiger partial charge in [-0.2, -0.15) is 5.10 Å². The predicted octanol–water partition coefficient (Wildman–Crippen LogP) is 2.55. The van der Waals surface area contributed by atoms with Gasteiger partial charge in [-0.25, -0.2) is 4.98 Å². The summed E-state index contributed by atoms with van der Waals surface area (Å²) in [5.74, 6) is 1.10. The third kappa shape index (κ3) is 2.72. The van der Waals surface area contributed by atoms with Gasteiger partial charge in [-0.05, 0) is 31.9 Å². The number of hydrogen-bond donors (Lipinski definition) is 1. The Morgan fingerprint density at radius 1 is 1.29 bits per heavy atom. The van der Waals surface area contributed by atoms with Crippen molar-refractivity contribution in [1.82, 2.24) is 20.1 Å². The maximum Gasteiger partial charge on any atom is 0.138 e. The lowest BCUT2D eigenvalue weighted by atomic mass is 9.86. The number of aryl methyl sites for hydroxylation is 1. The van der Waals surface area contributed by atoms with Crippen LogP contribution >= 0.6 is 0 Å². The molecule has 3 rings (SSSR count). The minimum absolute atomic E-state index is 0.277. The Bertz CT molecular complexity index is 571. The molecule has 1 N–H and O–H groups in total. The van der Waals surface area contributed by atoms with Gasteiger partial charge in [0.15, 0.2) is 0 Å². The summed E-state index contributed by atoms with van der Waals surface area (Å²) in [5, 5.41) is 7.88. The number of nitrogens with one attached hydrogen (secondary N) is 1. The van der Waals surface area contributed by atoms with Gasteiger partial charge >= 0.3 is 0 Å². The molecular weight excluding hydrogens is 260 g/mol. The van der Waals surface area contributed by atoms with Crippen molar-refractivity contribution in [2.75, 3.05) is 7.05 Å². The highest BCUT2D eigenvalue weighted by Crippen LogP contribution is 2.51. The van der Waals surface area contributed by atoms with Crippen molar-refractivity contribution in [2.45, 2.75) is 50.6 Å². The lowest BCUT2D eigenvalue weighted by Crippen LogP contribution is -2.40. The zero-order valence-corrected chi connectivity index (χ0v) is 12.9. The zero-order chi connectivity index (χ0) is 14.7. The third-order valence-corrected chi connectivity index (χ3v) is 4.67. The second-order valence-electron chi connectivity index (χ2n) is 5.97. The number of benzene rings is 1. The zero-order valence-electron chi connectivity index (χ0n) is 12.9. The van der Waals surface area contributed by atoms with Crippen LogP contribution in [0, 0.1) is 0 Å². The van der Waals surface area contributed by atoms with Crippen molar-refractivity contribution in [3.05, 3.63) is 48.0 Å². The second kappa shape index (κ2) is 5.98. The highest BCUT2D eigenvalue weighted by Gasteiger charge is 2.50. The summed E-state index contributed by atoms with van der Waals surface area (Å²) in [6.07, 6.45) is 6.21. The molecule has 0 bridgehead atoms. The van der Waals surface area contributed by atoms with Gasteiger partial charge in [-0.1, -0.05) is 37.3 Å².